The van der Waals surface area contributed by atoms with Crippen molar-refractivity contribution in [2.45, 2.75) is 44.6 Å². The molecule has 0 saturated heterocycles. The second-order valence-corrected chi connectivity index (χ2v) is 3.88. The van der Waals surface area contributed by atoms with Crippen molar-refractivity contribution >= 4 is 5.91 Å². The van der Waals surface area contributed by atoms with Crippen LogP contribution in [0.2, 0.25) is 0 Å². The zero-order valence-electron chi connectivity index (χ0n) is 8.27. The molecule has 1 aliphatic carbocycles. The molecule has 0 spiro atoms. The summed E-state index contributed by atoms with van der Waals surface area (Å²) in [6, 6.07) is -0.462. The molecular formula is C9H13F4NO. The molecule has 15 heavy (non-hydrogen) atoms. The summed E-state index contributed by atoms with van der Waals surface area (Å²) >= 11 is 0. The second kappa shape index (κ2) is 4.37. The molecule has 1 fully saturated rings. The van der Waals surface area contributed by atoms with E-state index >= 15 is 0 Å². The van der Waals surface area contributed by atoms with Gasteiger partial charge in [-0.2, -0.15) is 8.78 Å². The van der Waals surface area contributed by atoms with Crippen LogP contribution in [0, 0.1) is 5.92 Å². The van der Waals surface area contributed by atoms with Gasteiger partial charge in [-0.15, -0.1) is 0 Å². The monoisotopic (exact) mass is 227 g/mol. The molecule has 1 atom stereocenters. The molecule has 6 heteroatoms. The van der Waals surface area contributed by atoms with Crippen LogP contribution in [0.15, 0.2) is 0 Å². The number of carbonyl (C=O) groups excluding carboxylic acids is 1. The van der Waals surface area contributed by atoms with Crippen molar-refractivity contribution in [3.63, 3.8) is 0 Å². The van der Waals surface area contributed by atoms with E-state index in [0.29, 0.717) is 0 Å². The number of alkyl halides is 4. The lowest BCUT2D eigenvalue weighted by molar-refractivity contribution is -0.170. The Labute approximate surface area is 85.0 Å². The van der Waals surface area contributed by atoms with E-state index in [-0.39, 0.29) is 5.92 Å². The Bertz CT molecular complexity index is 240. The molecular weight excluding hydrogens is 214 g/mol. The molecule has 0 heterocycles. The molecule has 1 unspecified atom stereocenters. The summed E-state index contributed by atoms with van der Waals surface area (Å²) in [7, 11) is 0. The fraction of sp³-hybridized carbons (Fsp3) is 0.889. The van der Waals surface area contributed by atoms with Crippen molar-refractivity contribution < 1.29 is 22.4 Å². The SMILES string of the molecule is CC(NC(=O)C(F)(F)C(F)F)C1CCC1. The molecule has 0 bridgehead atoms. The topological polar surface area (TPSA) is 29.1 Å². The van der Waals surface area contributed by atoms with Gasteiger partial charge in [-0.25, -0.2) is 8.78 Å². The lowest BCUT2D eigenvalue weighted by Crippen LogP contribution is -2.50. The average Bonchev–Trinajstić information content (AvgIpc) is 1.99. The number of nitrogens with one attached hydrogen (secondary N) is 1. The van der Waals surface area contributed by atoms with E-state index < -0.39 is 24.3 Å². The minimum atomic E-state index is -4.59. The van der Waals surface area contributed by atoms with Gasteiger partial charge < -0.3 is 5.32 Å². The average molecular weight is 227 g/mol. The van der Waals surface area contributed by atoms with Crippen LogP contribution in [0.1, 0.15) is 26.2 Å². The van der Waals surface area contributed by atoms with Crippen LogP contribution in [0.3, 0.4) is 0 Å². The first-order chi connectivity index (χ1) is 6.85. The highest BCUT2D eigenvalue weighted by atomic mass is 19.3. The van der Waals surface area contributed by atoms with Crippen molar-refractivity contribution in [3.05, 3.63) is 0 Å². The highest BCUT2D eigenvalue weighted by Gasteiger charge is 2.49. The van der Waals surface area contributed by atoms with Crippen LogP contribution in [-0.4, -0.2) is 24.3 Å². The van der Waals surface area contributed by atoms with E-state index in [0.717, 1.165) is 19.3 Å². The third-order valence-electron chi connectivity index (χ3n) is 2.79. The van der Waals surface area contributed by atoms with Gasteiger partial charge in [0.25, 0.3) is 5.91 Å². The summed E-state index contributed by atoms with van der Waals surface area (Å²) in [6.45, 7) is 1.56. The van der Waals surface area contributed by atoms with E-state index in [4.69, 9.17) is 0 Å². The van der Waals surface area contributed by atoms with Gasteiger partial charge in [0, 0.05) is 6.04 Å². The molecule has 0 aromatic heterocycles. The van der Waals surface area contributed by atoms with Gasteiger partial charge in [-0.1, -0.05) is 6.42 Å². The minimum Gasteiger partial charge on any atom is -0.348 e. The maximum atomic E-state index is 12.5. The molecule has 2 nitrogen and oxygen atoms in total. The van der Waals surface area contributed by atoms with Crippen molar-refractivity contribution in [3.8, 4) is 0 Å². The Balaban J connectivity index is 2.46. The Hall–Kier alpha value is -0.810. The van der Waals surface area contributed by atoms with Gasteiger partial charge in [0.15, 0.2) is 0 Å². The summed E-state index contributed by atoms with van der Waals surface area (Å²) in [5.41, 5.74) is 0. The smallest absolute Gasteiger partial charge is 0.348 e. The standard InChI is InChI=1S/C9H13F4NO/c1-5(6-3-2-4-6)14-8(15)9(12,13)7(10)11/h5-7H,2-4H2,1H3,(H,14,15). The molecule has 0 aromatic rings. The molecule has 1 amide bonds. The molecule has 0 aromatic carbocycles. The quantitative estimate of drug-likeness (QED) is 0.733. The van der Waals surface area contributed by atoms with E-state index in [1.807, 2.05) is 5.32 Å². The van der Waals surface area contributed by atoms with E-state index in [9.17, 15) is 22.4 Å². The highest BCUT2D eigenvalue weighted by Crippen LogP contribution is 2.30. The lowest BCUT2D eigenvalue weighted by Gasteiger charge is -2.32. The number of hydrogen-bond acceptors (Lipinski definition) is 1. The largest absolute Gasteiger partial charge is 0.383 e. The molecule has 1 saturated carbocycles. The van der Waals surface area contributed by atoms with Gasteiger partial charge in [0.05, 0.1) is 0 Å². The first kappa shape index (κ1) is 12.3. The Kier molecular flexibility index (Phi) is 3.57. The second-order valence-electron chi connectivity index (χ2n) is 3.88. The molecule has 1 aliphatic rings. The molecule has 88 valence electrons. The third-order valence-corrected chi connectivity index (χ3v) is 2.79. The molecule has 0 radical (unpaired) electrons. The third kappa shape index (κ3) is 2.60. The van der Waals surface area contributed by atoms with Gasteiger partial charge >= 0.3 is 12.3 Å². The van der Waals surface area contributed by atoms with Crippen LogP contribution >= 0.6 is 0 Å². The predicted molar refractivity (Wildman–Crippen MR) is 45.9 cm³/mol. The van der Waals surface area contributed by atoms with E-state index in [2.05, 4.69) is 0 Å². The number of amides is 1. The highest BCUT2D eigenvalue weighted by molar-refractivity contribution is 5.84. The number of hydrogen-bond donors (Lipinski definition) is 1. The summed E-state index contributed by atoms with van der Waals surface area (Å²) in [4.78, 5) is 10.8. The maximum Gasteiger partial charge on any atom is 0.383 e. The van der Waals surface area contributed by atoms with E-state index in [1.165, 1.54) is 0 Å². The van der Waals surface area contributed by atoms with Crippen LogP contribution in [0.5, 0.6) is 0 Å². The fourth-order valence-corrected chi connectivity index (χ4v) is 1.46. The summed E-state index contributed by atoms with van der Waals surface area (Å²) in [5.74, 6) is -6.32. The van der Waals surface area contributed by atoms with Gasteiger partial charge in [0.1, 0.15) is 0 Å². The number of halogens is 4. The predicted octanol–water partition coefficient (Wildman–Crippen LogP) is 2.19. The maximum absolute atomic E-state index is 12.5. The first-order valence-electron chi connectivity index (χ1n) is 4.82. The number of carbonyl (C=O) groups is 1. The summed E-state index contributed by atoms with van der Waals surface area (Å²) < 4.78 is 48.6. The zero-order valence-corrected chi connectivity index (χ0v) is 8.27. The van der Waals surface area contributed by atoms with E-state index in [1.54, 1.807) is 6.92 Å². The Morgan fingerprint density at radius 1 is 1.40 bits per heavy atom. The van der Waals surface area contributed by atoms with Gasteiger partial charge in [0.2, 0.25) is 0 Å². The molecule has 1 rings (SSSR count). The Morgan fingerprint density at radius 3 is 2.27 bits per heavy atom. The van der Waals surface area contributed by atoms with Crippen LogP contribution in [-0.2, 0) is 4.79 Å². The minimum absolute atomic E-state index is 0.141. The summed E-state index contributed by atoms with van der Waals surface area (Å²) in [5, 5.41) is 1.93. The van der Waals surface area contributed by atoms with Crippen LogP contribution < -0.4 is 5.32 Å². The Morgan fingerprint density at radius 2 is 1.93 bits per heavy atom. The van der Waals surface area contributed by atoms with Gasteiger partial charge in [-0.3, -0.25) is 4.79 Å². The van der Waals surface area contributed by atoms with Crippen molar-refractivity contribution in [1.29, 1.82) is 0 Å². The van der Waals surface area contributed by atoms with Crippen molar-refractivity contribution in [2.24, 2.45) is 5.92 Å². The van der Waals surface area contributed by atoms with Gasteiger partial charge in [-0.05, 0) is 25.7 Å². The normalized spacial score (nSPS) is 19.9. The number of rotatable bonds is 4. The summed E-state index contributed by atoms with van der Waals surface area (Å²) in [6.07, 6.45) is -1.26. The van der Waals surface area contributed by atoms with Crippen molar-refractivity contribution in [1.82, 2.24) is 5.32 Å². The van der Waals surface area contributed by atoms with Crippen LogP contribution in [0.4, 0.5) is 17.6 Å². The molecule has 0 aliphatic heterocycles. The van der Waals surface area contributed by atoms with Crippen molar-refractivity contribution in [2.75, 3.05) is 0 Å². The lowest BCUT2D eigenvalue weighted by atomic mass is 9.80. The first-order valence-corrected chi connectivity index (χ1v) is 4.82. The zero-order chi connectivity index (χ0) is 11.6. The fourth-order valence-electron chi connectivity index (χ4n) is 1.46. The molecule has 1 N–H and O–H groups in total. The van der Waals surface area contributed by atoms with Crippen LogP contribution in [0.25, 0.3) is 0 Å².